The number of benzene rings is 2. The molecule has 0 heterocycles. The van der Waals surface area contributed by atoms with Gasteiger partial charge in [-0.05, 0) is 111 Å². The number of carboxylic acid groups (broad SMARTS) is 2. The number of aromatic hydroxyl groups is 2. The number of hydrogen-bond acceptors (Lipinski definition) is 8. The minimum Gasteiger partial charge on any atom is -0.550 e. The second kappa shape index (κ2) is 18.7. The number of hydrogen-bond donors (Lipinski definition) is 2. The Kier molecular flexibility index (Phi) is 17.4. The van der Waals surface area contributed by atoms with Crippen LogP contribution in [0.3, 0.4) is 0 Å². The topological polar surface area (TPSA) is 145 Å². The van der Waals surface area contributed by atoms with Crippen molar-refractivity contribution in [1.29, 1.82) is 0 Å². The molecule has 0 unspecified atom stereocenters. The van der Waals surface area contributed by atoms with E-state index >= 15 is 0 Å². The maximum absolute atomic E-state index is 10.6. The van der Waals surface area contributed by atoms with E-state index in [1.54, 1.807) is 0 Å². The summed E-state index contributed by atoms with van der Waals surface area (Å²) in [6.07, 6.45) is 9.58. The molecule has 9 heteroatoms. The van der Waals surface area contributed by atoms with E-state index in [2.05, 4.69) is 65.8 Å². The third kappa shape index (κ3) is 17.8. The van der Waals surface area contributed by atoms with Crippen LogP contribution in [-0.4, -0.2) is 46.7 Å². The summed E-state index contributed by atoms with van der Waals surface area (Å²) >= 11 is 0. The van der Waals surface area contributed by atoms with E-state index < -0.39 is 11.9 Å². The number of rotatable bonds is 6. The first-order chi connectivity index (χ1) is 20.2. The van der Waals surface area contributed by atoms with Crippen LogP contribution >= 0.6 is 0 Å². The number of aryl methyl sites for hydroxylation is 2. The molecule has 1 saturated carbocycles. The van der Waals surface area contributed by atoms with Crippen LogP contribution < -0.4 is 10.2 Å². The van der Waals surface area contributed by atoms with Crippen molar-refractivity contribution in [3.8, 4) is 11.5 Å². The van der Waals surface area contributed by atoms with Crippen molar-refractivity contribution < 1.29 is 46.8 Å². The summed E-state index contributed by atoms with van der Waals surface area (Å²) in [5.74, 6) is -1.50. The summed E-state index contributed by atoms with van der Waals surface area (Å²) in [6, 6.07) is 8.84. The van der Waals surface area contributed by atoms with E-state index in [9.17, 15) is 10.2 Å². The van der Waals surface area contributed by atoms with Gasteiger partial charge in [-0.1, -0.05) is 53.7 Å². The van der Waals surface area contributed by atoms with E-state index in [0.29, 0.717) is 11.5 Å². The molecule has 0 saturated heterocycles. The van der Waals surface area contributed by atoms with Crippen LogP contribution in [0.5, 0.6) is 11.5 Å². The number of aliphatic carboxylic acids is 2. The SMILES string of the molecule is CC(=O)[O-].CC(=O)[O-].Cc1cc(CC(C)(C)C)cc(C=NC2CCC(N=Cc3cc(CC(C)(C)C)cc(C)c3O)CC2)c1O.[Co+2]. The average molecular weight is 668 g/mol. The Morgan fingerprint density at radius 2 is 0.978 bits per heavy atom. The molecular weight excluding hydrogens is 615 g/mol. The molecule has 1 fully saturated rings. The molecule has 8 nitrogen and oxygen atoms in total. The number of carboxylic acids is 2. The third-order valence-corrected chi connectivity index (χ3v) is 6.76. The molecule has 0 aliphatic heterocycles. The number of carbonyl (C=O) groups is 2. The first-order valence-electron chi connectivity index (χ1n) is 15.2. The largest absolute Gasteiger partial charge is 2.00 e. The molecule has 0 bridgehead atoms. The molecule has 1 aliphatic rings. The Balaban J connectivity index is 0.00000192. The van der Waals surface area contributed by atoms with Gasteiger partial charge in [-0.2, -0.15) is 0 Å². The van der Waals surface area contributed by atoms with E-state index in [-0.39, 0.29) is 39.7 Å². The summed E-state index contributed by atoms with van der Waals surface area (Å²) in [7, 11) is 0. The van der Waals surface area contributed by atoms with E-state index in [4.69, 9.17) is 29.8 Å². The van der Waals surface area contributed by atoms with Gasteiger partial charge < -0.3 is 30.0 Å². The Bertz CT molecular complexity index is 1200. The van der Waals surface area contributed by atoms with Crippen molar-refractivity contribution in [2.75, 3.05) is 0 Å². The molecule has 1 radical (unpaired) electrons. The monoisotopic (exact) mass is 667 g/mol. The van der Waals surface area contributed by atoms with Gasteiger partial charge in [0.25, 0.3) is 0 Å². The van der Waals surface area contributed by atoms with Crippen molar-refractivity contribution in [2.24, 2.45) is 20.8 Å². The quantitative estimate of drug-likeness (QED) is 0.403. The average Bonchev–Trinajstić information content (AvgIpc) is 2.84. The first kappa shape index (κ1) is 41.8. The number of phenolic OH excluding ortho intramolecular Hbond substituents is 2. The van der Waals surface area contributed by atoms with Crippen LogP contribution in [0.15, 0.2) is 34.3 Å². The fraction of sp³-hybridized carbons (Fsp3) is 0.556. The second-order valence-electron chi connectivity index (χ2n) is 14.2. The summed E-state index contributed by atoms with van der Waals surface area (Å²) in [4.78, 5) is 27.5. The summed E-state index contributed by atoms with van der Waals surface area (Å²) in [6.45, 7) is 19.2. The molecule has 1 aliphatic carbocycles. The summed E-state index contributed by atoms with van der Waals surface area (Å²) in [5.41, 5.74) is 6.30. The van der Waals surface area contributed by atoms with Crippen LogP contribution in [0.25, 0.3) is 0 Å². The van der Waals surface area contributed by atoms with E-state index in [1.165, 1.54) is 11.1 Å². The number of carbonyl (C=O) groups excluding carboxylic acids is 2. The zero-order valence-corrected chi connectivity index (χ0v) is 29.7. The Hall–Kier alpha value is -3.17. The maximum atomic E-state index is 10.6. The zero-order valence-electron chi connectivity index (χ0n) is 28.6. The minimum atomic E-state index is -1.08. The maximum Gasteiger partial charge on any atom is 2.00 e. The van der Waals surface area contributed by atoms with Crippen LogP contribution in [-0.2, 0) is 39.2 Å². The van der Waals surface area contributed by atoms with E-state index in [1.807, 2.05) is 26.3 Å². The predicted molar refractivity (Wildman–Crippen MR) is 175 cm³/mol. The number of nitrogens with zero attached hydrogens (tertiary/aromatic N) is 2. The molecule has 2 aromatic carbocycles. The molecule has 251 valence electrons. The smallest absolute Gasteiger partial charge is 0.550 e. The van der Waals surface area contributed by atoms with Crippen molar-refractivity contribution in [2.45, 2.75) is 120 Å². The van der Waals surface area contributed by atoms with Gasteiger partial charge >= 0.3 is 16.8 Å². The normalized spacial score (nSPS) is 16.7. The first-order valence-corrected chi connectivity index (χ1v) is 15.2. The van der Waals surface area contributed by atoms with Gasteiger partial charge in [-0.15, -0.1) is 0 Å². The van der Waals surface area contributed by atoms with Crippen molar-refractivity contribution in [3.05, 3.63) is 57.6 Å². The Labute approximate surface area is 280 Å². The van der Waals surface area contributed by atoms with Crippen molar-refractivity contribution in [3.63, 3.8) is 0 Å². The molecule has 45 heavy (non-hydrogen) atoms. The number of aliphatic imine (C=N–C) groups is 2. The standard InChI is InChI=1S/C32H46N2O2.2C2H4O2.Co/c1-21-13-23(17-31(3,4)5)15-25(29(21)35)19-33-27-9-11-28(12-10-27)34-20-26-16-24(18-32(6,7)8)14-22(2)30(26)36;2*1-2(3)4;/h13-16,19-20,27-28,35-36H,9-12,17-18H2,1-8H3;2*1H3,(H,3,4);/q;;;+2/p-2. The van der Waals surface area contributed by atoms with Crippen molar-refractivity contribution in [1.82, 2.24) is 0 Å². The molecule has 2 aromatic rings. The van der Waals surface area contributed by atoms with Crippen LogP contribution in [0, 0.1) is 24.7 Å². The molecule has 0 spiro atoms. The fourth-order valence-corrected chi connectivity index (χ4v) is 5.12. The molecule has 2 N–H and O–H groups in total. The fourth-order valence-electron chi connectivity index (χ4n) is 5.12. The Morgan fingerprint density at radius 1 is 0.711 bits per heavy atom. The minimum absolute atomic E-state index is 0. The van der Waals surface area contributed by atoms with Gasteiger partial charge in [0.05, 0.1) is 12.1 Å². The Morgan fingerprint density at radius 3 is 1.22 bits per heavy atom. The van der Waals surface area contributed by atoms with Gasteiger partial charge in [0.2, 0.25) is 0 Å². The van der Waals surface area contributed by atoms with Crippen LogP contribution in [0.2, 0.25) is 0 Å². The van der Waals surface area contributed by atoms with Gasteiger partial charge in [0.1, 0.15) is 11.5 Å². The van der Waals surface area contributed by atoms with Gasteiger partial charge in [-0.25, -0.2) is 0 Å². The number of phenols is 2. The van der Waals surface area contributed by atoms with Gasteiger partial charge in [0.15, 0.2) is 0 Å². The van der Waals surface area contributed by atoms with Crippen molar-refractivity contribution >= 4 is 24.4 Å². The molecule has 0 atom stereocenters. The molecular formula is C36H52CoN2O6. The summed E-state index contributed by atoms with van der Waals surface area (Å²) < 4.78 is 0. The van der Waals surface area contributed by atoms with Gasteiger partial charge in [0, 0.05) is 35.5 Å². The molecule has 3 rings (SSSR count). The molecule has 0 aromatic heterocycles. The van der Waals surface area contributed by atoms with Crippen LogP contribution in [0.1, 0.15) is 114 Å². The predicted octanol–water partition coefficient (Wildman–Crippen LogP) is 5.25. The van der Waals surface area contributed by atoms with Crippen LogP contribution in [0.4, 0.5) is 0 Å². The van der Waals surface area contributed by atoms with Gasteiger partial charge in [-0.3, -0.25) is 9.98 Å². The van der Waals surface area contributed by atoms with E-state index in [0.717, 1.165) is 74.6 Å². The zero-order chi connectivity index (χ0) is 33.8. The second-order valence-corrected chi connectivity index (χ2v) is 14.2. The third-order valence-electron chi connectivity index (χ3n) is 6.76. The molecule has 0 amide bonds. The summed E-state index contributed by atoms with van der Waals surface area (Å²) in [5, 5.41) is 38.9.